The van der Waals surface area contributed by atoms with Crippen molar-refractivity contribution in [3.63, 3.8) is 0 Å². The summed E-state index contributed by atoms with van der Waals surface area (Å²) in [7, 11) is 4.15. The zero-order chi connectivity index (χ0) is 28.7. The number of benzene rings is 2. The van der Waals surface area contributed by atoms with Crippen LogP contribution in [0.25, 0.3) is 0 Å². The maximum Gasteiger partial charge on any atom is 0.313 e. The monoisotopic (exact) mass is 578 g/mol. The molecular weight excluding hydrogens is 547 g/mol. The third kappa shape index (κ3) is 7.79. The van der Waals surface area contributed by atoms with E-state index in [0.717, 1.165) is 0 Å². The molecule has 0 aliphatic heterocycles. The topological polar surface area (TPSA) is 141 Å². The third-order valence-electron chi connectivity index (χ3n) is 5.73. The van der Waals surface area contributed by atoms with E-state index < -0.39 is 12.1 Å². The minimum Gasteiger partial charge on any atom is -0.494 e. The van der Waals surface area contributed by atoms with Crippen LogP contribution in [-0.4, -0.2) is 80.7 Å². The summed E-state index contributed by atoms with van der Waals surface area (Å²) in [6, 6.07) is 9.77. The second-order valence-corrected chi connectivity index (χ2v) is 12.8. The fourth-order valence-corrected chi connectivity index (χ4v) is 4.91. The zero-order valence-corrected chi connectivity index (χ0v) is 24.2. The highest BCUT2D eigenvalue weighted by atomic mass is 35.5. The lowest BCUT2D eigenvalue weighted by Crippen LogP contribution is -2.37. The minimum atomic E-state index is -2.59. The fourth-order valence-electron chi connectivity index (χ4n) is 3.61. The van der Waals surface area contributed by atoms with Gasteiger partial charge in [0.2, 0.25) is 11.7 Å². The van der Waals surface area contributed by atoms with E-state index in [1.807, 2.05) is 19.0 Å². The van der Waals surface area contributed by atoms with Crippen LogP contribution in [0.2, 0.25) is 5.02 Å². The predicted molar refractivity (Wildman–Crippen MR) is 154 cm³/mol. The molecule has 0 aliphatic carbocycles. The molecule has 0 saturated heterocycles. The number of nitrogens with zero attached hydrogens (tertiary/aromatic N) is 4. The van der Waals surface area contributed by atoms with Crippen LogP contribution in [0.3, 0.4) is 0 Å². The summed E-state index contributed by atoms with van der Waals surface area (Å²) in [5, 5.41) is 18.8. The Morgan fingerprint density at radius 2 is 1.82 bits per heavy atom. The summed E-state index contributed by atoms with van der Waals surface area (Å²) >= 11 is 6.34. The van der Waals surface area contributed by atoms with Gasteiger partial charge in [0.25, 0.3) is 0 Å². The molecule has 1 atom stereocenters. The van der Waals surface area contributed by atoms with Crippen LogP contribution in [0.15, 0.2) is 42.6 Å². The molecule has 12 nitrogen and oxygen atoms in total. The van der Waals surface area contributed by atoms with Crippen molar-refractivity contribution in [3.05, 3.63) is 57.7 Å². The van der Waals surface area contributed by atoms with Gasteiger partial charge in [0.15, 0.2) is 5.82 Å². The van der Waals surface area contributed by atoms with Crippen molar-refractivity contribution >= 4 is 52.9 Å². The average Bonchev–Trinajstić information content (AvgIpc) is 2.88. The number of methoxy groups -OCH3 is 2. The van der Waals surface area contributed by atoms with E-state index in [4.69, 9.17) is 25.8 Å². The molecule has 0 saturated carbocycles. The van der Waals surface area contributed by atoms with Gasteiger partial charge in [0.1, 0.15) is 24.5 Å². The van der Waals surface area contributed by atoms with E-state index in [0.29, 0.717) is 17.6 Å². The first-order valence-corrected chi connectivity index (χ1v) is 14.8. The minimum absolute atomic E-state index is 0.0462. The normalized spacial score (nSPS) is 12.2. The SMILES string of the molecule is COCC(COc1cc(OC)c(Nc2ncc(Cl)c(Nc3ccccc3P(C)(C)=O)n2)cc1[N+](=O)[O-])N(C)C. The first-order valence-electron chi connectivity index (χ1n) is 11.8. The number of nitro benzene ring substituents is 1. The molecule has 2 aromatic carbocycles. The molecule has 14 heteroatoms. The van der Waals surface area contributed by atoms with Crippen molar-refractivity contribution in [2.75, 3.05) is 65.5 Å². The van der Waals surface area contributed by atoms with Gasteiger partial charge < -0.3 is 34.3 Å². The molecule has 2 N–H and O–H groups in total. The highest BCUT2D eigenvalue weighted by molar-refractivity contribution is 7.70. The quantitative estimate of drug-likeness (QED) is 0.165. The highest BCUT2D eigenvalue weighted by Gasteiger charge is 2.23. The van der Waals surface area contributed by atoms with E-state index in [-0.39, 0.29) is 52.3 Å². The van der Waals surface area contributed by atoms with Gasteiger partial charge in [-0.25, -0.2) is 4.98 Å². The zero-order valence-electron chi connectivity index (χ0n) is 22.6. The van der Waals surface area contributed by atoms with Gasteiger partial charge in [0, 0.05) is 24.5 Å². The number of likely N-dealkylation sites (N-methyl/N-ethyl adjacent to an activating group) is 1. The highest BCUT2D eigenvalue weighted by Crippen LogP contribution is 2.40. The molecule has 1 aromatic heterocycles. The molecule has 0 bridgehead atoms. The lowest BCUT2D eigenvalue weighted by atomic mass is 10.2. The van der Waals surface area contributed by atoms with Gasteiger partial charge in [-0.3, -0.25) is 10.1 Å². The Morgan fingerprint density at radius 1 is 1.10 bits per heavy atom. The number of ether oxygens (including phenoxy) is 3. The van der Waals surface area contributed by atoms with Crippen molar-refractivity contribution in [1.29, 1.82) is 0 Å². The van der Waals surface area contributed by atoms with E-state index in [1.165, 1.54) is 25.4 Å². The Morgan fingerprint density at radius 3 is 2.44 bits per heavy atom. The van der Waals surface area contributed by atoms with Crippen LogP contribution in [0.1, 0.15) is 0 Å². The maximum absolute atomic E-state index is 12.7. The molecule has 39 heavy (non-hydrogen) atoms. The summed E-state index contributed by atoms with van der Waals surface area (Å²) in [4.78, 5) is 21.9. The van der Waals surface area contributed by atoms with Crippen LogP contribution in [-0.2, 0) is 9.30 Å². The molecule has 0 radical (unpaired) electrons. The van der Waals surface area contributed by atoms with Crippen molar-refractivity contribution in [2.45, 2.75) is 6.04 Å². The van der Waals surface area contributed by atoms with Crippen LogP contribution >= 0.6 is 18.7 Å². The average molecular weight is 579 g/mol. The summed E-state index contributed by atoms with van der Waals surface area (Å²) < 4.78 is 29.2. The predicted octanol–water partition coefficient (Wildman–Crippen LogP) is 4.74. The van der Waals surface area contributed by atoms with Crippen LogP contribution in [0, 0.1) is 10.1 Å². The summed E-state index contributed by atoms with van der Waals surface area (Å²) in [6.45, 7) is 3.90. The van der Waals surface area contributed by atoms with Crippen LogP contribution in [0.5, 0.6) is 11.5 Å². The second-order valence-electron chi connectivity index (χ2n) is 9.17. The van der Waals surface area contributed by atoms with Gasteiger partial charge in [-0.05, 0) is 39.6 Å². The van der Waals surface area contributed by atoms with E-state index in [2.05, 4.69) is 20.6 Å². The molecule has 3 rings (SSSR count). The molecule has 1 heterocycles. The Bertz CT molecular complexity index is 1370. The maximum atomic E-state index is 12.7. The smallest absolute Gasteiger partial charge is 0.313 e. The molecule has 3 aromatic rings. The third-order valence-corrected chi connectivity index (χ3v) is 7.55. The fraction of sp³-hybridized carbons (Fsp3) is 0.360. The van der Waals surface area contributed by atoms with Gasteiger partial charge in [-0.1, -0.05) is 23.7 Å². The van der Waals surface area contributed by atoms with Gasteiger partial charge in [-0.2, -0.15) is 4.98 Å². The van der Waals surface area contributed by atoms with Crippen molar-refractivity contribution in [3.8, 4) is 11.5 Å². The van der Waals surface area contributed by atoms with Crippen LogP contribution < -0.4 is 25.4 Å². The molecule has 0 fully saturated rings. The van der Waals surface area contributed by atoms with E-state index in [1.54, 1.807) is 44.7 Å². The number of hydrogen-bond acceptors (Lipinski definition) is 11. The number of nitrogens with one attached hydrogen (secondary N) is 2. The Hall–Kier alpha value is -3.44. The lowest BCUT2D eigenvalue weighted by Gasteiger charge is -2.23. The molecule has 0 spiro atoms. The molecule has 0 aliphatic rings. The van der Waals surface area contributed by atoms with Crippen molar-refractivity contribution in [1.82, 2.24) is 14.9 Å². The summed E-state index contributed by atoms with van der Waals surface area (Å²) in [5.74, 6) is 0.686. The molecule has 0 amide bonds. The number of aromatic nitrogens is 2. The first-order chi connectivity index (χ1) is 18.4. The van der Waals surface area contributed by atoms with Crippen molar-refractivity contribution in [2.24, 2.45) is 0 Å². The van der Waals surface area contributed by atoms with Crippen LogP contribution in [0.4, 0.5) is 28.8 Å². The second kappa shape index (κ2) is 13.1. The van der Waals surface area contributed by atoms with Gasteiger partial charge in [-0.15, -0.1) is 0 Å². The van der Waals surface area contributed by atoms with E-state index in [9.17, 15) is 14.7 Å². The van der Waals surface area contributed by atoms with Gasteiger partial charge >= 0.3 is 5.69 Å². The number of hydrogen-bond donors (Lipinski definition) is 2. The summed E-state index contributed by atoms with van der Waals surface area (Å²) in [6.07, 6.45) is 1.38. The first kappa shape index (κ1) is 30.1. The Kier molecular flexibility index (Phi) is 10.1. The summed E-state index contributed by atoms with van der Waals surface area (Å²) in [5.41, 5.74) is 0.575. The largest absolute Gasteiger partial charge is 0.494 e. The molecule has 210 valence electrons. The number of halogens is 1. The molecular formula is C25H32ClN6O6P. The lowest BCUT2D eigenvalue weighted by molar-refractivity contribution is -0.385. The number of para-hydroxylation sites is 1. The van der Waals surface area contributed by atoms with Crippen molar-refractivity contribution < 1.29 is 23.7 Å². The number of anilines is 4. The standard InChI is InChI=1S/C25H32ClN6O6P/c1-31(2)16(14-36-3)15-38-22-12-21(37-4)19(11-20(22)32(33)34)29-25-27-13-17(26)24(30-25)28-18-9-7-8-10-23(18)39(5,6)35/h7-13,16H,14-15H2,1-6H3,(H2,27,28,29,30). The Balaban J connectivity index is 1.92. The molecule has 1 unspecified atom stereocenters. The van der Waals surface area contributed by atoms with E-state index >= 15 is 0 Å². The number of rotatable bonds is 13. The Labute approximate surface area is 232 Å². The van der Waals surface area contributed by atoms with Gasteiger partial charge in [0.05, 0.1) is 42.3 Å². The number of nitro groups is 1.